The van der Waals surface area contributed by atoms with Crippen LogP contribution in [-0.2, 0) is 38.6 Å². The summed E-state index contributed by atoms with van der Waals surface area (Å²) in [5, 5.41) is 0. The average Bonchev–Trinajstić information content (AvgIpc) is 3.04. The number of nitrogens with two attached hydrogens (primary N) is 1. The minimum absolute atomic E-state index is 0.284. The number of benzene rings is 2. The molecule has 0 saturated heterocycles. The number of methoxy groups -OCH3 is 1. The Morgan fingerprint density at radius 1 is 0.972 bits per heavy atom. The van der Waals surface area contributed by atoms with E-state index in [4.69, 9.17) is 19.4 Å². The second kappa shape index (κ2) is 9.25. The van der Waals surface area contributed by atoms with E-state index in [2.05, 4.69) is 0 Å². The summed E-state index contributed by atoms with van der Waals surface area (Å²) < 4.78 is 41.6. The van der Waals surface area contributed by atoms with Gasteiger partial charge in [-0.05, 0) is 17.7 Å². The minimum atomic E-state index is -4.41. The zero-order chi connectivity index (χ0) is 27.4. The summed E-state index contributed by atoms with van der Waals surface area (Å²) in [5.74, 6) is -2.27. The smallest absolute Gasteiger partial charge is 0.337 e. The predicted octanol–water partition coefficient (Wildman–Crippen LogP) is -10.3. The summed E-state index contributed by atoms with van der Waals surface area (Å²) >= 11 is 0. The zero-order valence-electron chi connectivity index (χ0n) is 22.2. The highest BCUT2D eigenvalue weighted by Gasteiger charge is 2.51. The van der Waals surface area contributed by atoms with Gasteiger partial charge in [0, 0.05) is 0 Å². The summed E-state index contributed by atoms with van der Waals surface area (Å²) in [6.07, 6.45) is 0. The van der Waals surface area contributed by atoms with Crippen molar-refractivity contribution in [3.05, 3.63) is 52.6 Å². The number of esters is 1. The lowest BCUT2D eigenvalue weighted by Gasteiger charge is -2.32. The van der Waals surface area contributed by atoms with Crippen LogP contribution in [0, 0.1) is 0 Å². The first-order valence-electron chi connectivity index (χ1n) is 11.4. The summed E-state index contributed by atoms with van der Waals surface area (Å²) in [4.78, 5) is 25.1. The number of rotatable bonds is 6. The van der Waals surface area contributed by atoms with E-state index in [9.17, 15) is 18.0 Å². The van der Waals surface area contributed by atoms with Crippen LogP contribution in [0.4, 0.5) is 0 Å². The third kappa shape index (κ3) is 4.21. The van der Waals surface area contributed by atoms with Gasteiger partial charge >= 0.3 is 16.1 Å². The molecular weight excluding hydrogens is 473 g/mol. The topological polar surface area (TPSA) is 122 Å². The molecule has 2 aromatic rings. The van der Waals surface area contributed by atoms with Gasteiger partial charge in [0.05, 0.1) is 17.2 Å². The molecular formula is C19H25B8NO7S. The highest BCUT2D eigenvalue weighted by molar-refractivity contribution is 7.90. The van der Waals surface area contributed by atoms with Gasteiger partial charge in [-0.25, -0.2) is 4.79 Å². The molecule has 2 aromatic carbocycles. The van der Waals surface area contributed by atoms with Gasteiger partial charge in [0.15, 0.2) is 13.3 Å². The van der Waals surface area contributed by atoms with Crippen LogP contribution in [0.25, 0.3) is 0 Å². The number of hydrogen-bond donors (Lipinski definition) is 1. The molecule has 17 heteroatoms. The van der Waals surface area contributed by atoms with Gasteiger partial charge in [0.25, 0.3) is 0 Å². The predicted molar refractivity (Wildman–Crippen MR) is 161 cm³/mol. The Balaban J connectivity index is 2.00. The first-order valence-corrected chi connectivity index (χ1v) is 12.9. The third-order valence-corrected chi connectivity index (χ3v) is 9.29. The Hall–Kier alpha value is -2.81. The van der Waals surface area contributed by atoms with E-state index in [-0.39, 0.29) is 5.56 Å². The van der Waals surface area contributed by atoms with Crippen LogP contribution in [0.2, 0.25) is 0 Å². The highest BCUT2D eigenvalue weighted by Crippen LogP contribution is 2.37. The molecule has 0 amide bonds. The van der Waals surface area contributed by atoms with Crippen molar-refractivity contribution in [2.45, 2.75) is 10.0 Å². The number of carbonyl (C=O) groups excluding carboxylic acids is 2. The van der Waals surface area contributed by atoms with Crippen LogP contribution in [0.5, 0.6) is 0 Å². The van der Waals surface area contributed by atoms with E-state index in [1.807, 2.05) is 39.2 Å². The lowest BCUT2D eigenvalue weighted by atomic mass is 9.53. The first-order chi connectivity index (χ1) is 16.5. The second-order valence-corrected chi connectivity index (χ2v) is 11.9. The Kier molecular flexibility index (Phi) is 7.13. The average molecular weight is 498 g/mol. The van der Waals surface area contributed by atoms with Crippen molar-refractivity contribution in [3.8, 4) is 0 Å². The molecule has 0 unspecified atom stereocenters. The van der Waals surface area contributed by atoms with Crippen molar-refractivity contribution < 1.29 is 31.7 Å². The molecule has 1 heterocycles. The van der Waals surface area contributed by atoms with Gasteiger partial charge in [-0.1, -0.05) is 28.6 Å². The number of ketones is 1. The number of Topliss-reactive ketones (excluding diaryl/α,β-unsaturated/α-hetero) is 1. The molecule has 0 bridgehead atoms. The Morgan fingerprint density at radius 2 is 1.44 bits per heavy atom. The molecule has 0 spiro atoms. The molecule has 1 aliphatic rings. The summed E-state index contributed by atoms with van der Waals surface area (Å²) in [7, 11) is 11.1. The Morgan fingerprint density at radius 3 is 1.92 bits per heavy atom. The molecule has 8 nitrogen and oxygen atoms in total. The highest BCUT2D eigenvalue weighted by atomic mass is 32.2. The summed E-state index contributed by atoms with van der Waals surface area (Å²) in [5.41, 5.74) is 10.4. The van der Waals surface area contributed by atoms with E-state index < -0.39 is 43.6 Å². The van der Waals surface area contributed by atoms with Crippen LogP contribution in [0.15, 0.2) is 35.9 Å². The van der Waals surface area contributed by atoms with Crippen LogP contribution in [-0.4, -0.2) is 90.1 Å². The van der Waals surface area contributed by atoms with Crippen LogP contribution >= 0.6 is 0 Å². The molecule has 178 valence electrons. The van der Waals surface area contributed by atoms with Crippen molar-refractivity contribution >= 4 is 112 Å². The van der Waals surface area contributed by atoms with Crippen LogP contribution < -0.4 is 33.0 Å². The van der Waals surface area contributed by atoms with E-state index in [1.165, 1.54) is 39.2 Å². The molecule has 3 rings (SSSR count). The van der Waals surface area contributed by atoms with Crippen molar-refractivity contribution in [1.82, 2.24) is 0 Å². The third-order valence-electron chi connectivity index (χ3n) is 7.45. The zero-order valence-corrected chi connectivity index (χ0v) is 23.0. The summed E-state index contributed by atoms with van der Waals surface area (Å²) in [6, 6.07) is 5.99. The number of ether oxygens (including phenoxy) is 2. The maximum Gasteiger partial charge on any atom is 0.337 e. The van der Waals surface area contributed by atoms with Crippen LogP contribution in [0.1, 0.15) is 21.5 Å². The standard InChI is InChI=1S/C19H25B8NO7S/c1-33-17(30)6-2-4-7(5-3-6)18(25)15(29)14(16(28)34-18)35-36(31,32)19(26,27)8-9(20)11(22)13(24)12(23)10(8)21/h2-5H,20-28H2,1H3/t18-/m1/s1. The fraction of sp³-hybridized carbons (Fsp3) is 0.158. The fourth-order valence-electron chi connectivity index (χ4n) is 4.69. The quantitative estimate of drug-likeness (QED) is 0.237. The molecule has 1 atom stereocenters. The number of hydrogen-bond acceptors (Lipinski definition) is 8. The second-order valence-electron chi connectivity index (χ2n) is 9.77. The molecule has 0 fully saturated rings. The maximum absolute atomic E-state index is 13.6. The Bertz CT molecular complexity index is 1400. The van der Waals surface area contributed by atoms with E-state index >= 15 is 0 Å². The lowest BCUT2D eigenvalue weighted by molar-refractivity contribution is -0.126. The summed E-state index contributed by atoms with van der Waals surface area (Å²) in [6.45, 7) is 0. The van der Waals surface area contributed by atoms with E-state index in [0.29, 0.717) is 11.1 Å². The first kappa shape index (κ1) is 27.8. The maximum atomic E-state index is 13.6. The van der Waals surface area contributed by atoms with Gasteiger partial charge in [-0.15, -0.1) is 16.4 Å². The van der Waals surface area contributed by atoms with Gasteiger partial charge in [0.1, 0.15) is 54.9 Å². The van der Waals surface area contributed by atoms with Crippen molar-refractivity contribution in [3.63, 3.8) is 0 Å². The van der Waals surface area contributed by atoms with Gasteiger partial charge in [-0.2, -0.15) is 8.42 Å². The molecule has 0 saturated carbocycles. The van der Waals surface area contributed by atoms with Gasteiger partial charge < -0.3 is 19.4 Å². The molecule has 0 radical (unpaired) electrons. The van der Waals surface area contributed by atoms with Gasteiger partial charge in [-0.3, -0.25) is 4.79 Å². The number of carbonyl (C=O) groups is 2. The van der Waals surface area contributed by atoms with Gasteiger partial charge in [0.2, 0.25) is 17.4 Å². The molecule has 36 heavy (non-hydrogen) atoms. The molecule has 0 aliphatic carbocycles. The lowest BCUT2D eigenvalue weighted by Crippen LogP contribution is -2.60. The normalized spacial score (nSPS) is 18.1. The van der Waals surface area contributed by atoms with Crippen molar-refractivity contribution in [2.75, 3.05) is 7.11 Å². The Labute approximate surface area is 218 Å². The fourth-order valence-corrected chi connectivity index (χ4v) is 5.84. The monoisotopic (exact) mass is 499 g/mol. The molecule has 1 aliphatic heterocycles. The molecule has 0 aromatic heterocycles. The van der Waals surface area contributed by atoms with E-state index in [1.54, 1.807) is 15.7 Å². The molecule has 2 N–H and O–H groups in total. The van der Waals surface area contributed by atoms with Crippen molar-refractivity contribution in [1.29, 1.82) is 0 Å². The minimum Gasteiger partial charge on any atom is -0.467 e. The largest absolute Gasteiger partial charge is 0.467 e. The SMILES string of the molecule is Bc1c(B)c(B)c(C(B)(B)S(=O)(=O)OC2=C(N)O[C@](B)(c3ccc(C(=O)OC)cc3)C2=O)c(B)c1B. The van der Waals surface area contributed by atoms with E-state index in [0.717, 1.165) is 27.3 Å². The van der Waals surface area contributed by atoms with Crippen LogP contribution in [0.3, 0.4) is 0 Å². The van der Waals surface area contributed by atoms with Crippen molar-refractivity contribution in [2.24, 2.45) is 5.73 Å².